The van der Waals surface area contributed by atoms with Crippen molar-refractivity contribution < 1.29 is 14.3 Å². The first kappa shape index (κ1) is 8.50. The second-order valence-corrected chi connectivity index (χ2v) is 3.63. The Bertz CT molecular complexity index is 171. The number of hydrogen-bond donors (Lipinski definition) is 1. The van der Waals surface area contributed by atoms with Crippen molar-refractivity contribution in [1.82, 2.24) is 0 Å². The van der Waals surface area contributed by atoms with Crippen molar-refractivity contribution in [2.24, 2.45) is 11.8 Å². The second kappa shape index (κ2) is 2.47. The molecule has 0 aromatic carbocycles. The molecule has 0 aromatic rings. The monoisotopic (exact) mass is 160 g/mol. The van der Waals surface area contributed by atoms with Gasteiger partial charge in [-0.15, -0.1) is 0 Å². The van der Waals surface area contributed by atoms with E-state index in [2.05, 4.69) is 0 Å². The van der Waals surface area contributed by atoms with Crippen LogP contribution in [0.4, 0.5) is 4.39 Å². The van der Waals surface area contributed by atoms with Crippen molar-refractivity contribution in [3.8, 4) is 0 Å². The first-order valence-electron chi connectivity index (χ1n) is 3.87. The lowest BCUT2D eigenvalue weighted by atomic mass is 9.67. The SMILES string of the molecule is CC(C)C1(F)CC(C(=O)O)C1. The van der Waals surface area contributed by atoms with Crippen molar-refractivity contribution in [2.75, 3.05) is 0 Å². The van der Waals surface area contributed by atoms with Gasteiger partial charge in [-0.3, -0.25) is 4.79 Å². The minimum Gasteiger partial charge on any atom is -0.481 e. The van der Waals surface area contributed by atoms with E-state index in [1.807, 2.05) is 0 Å². The summed E-state index contributed by atoms with van der Waals surface area (Å²) in [5.74, 6) is -1.36. The van der Waals surface area contributed by atoms with Crippen LogP contribution in [0, 0.1) is 11.8 Å². The third-order valence-electron chi connectivity index (χ3n) is 2.56. The first-order valence-corrected chi connectivity index (χ1v) is 3.87. The Labute approximate surface area is 65.4 Å². The normalized spacial score (nSPS) is 36.9. The molecule has 1 N–H and O–H groups in total. The molecule has 0 bridgehead atoms. The Morgan fingerprint density at radius 1 is 1.64 bits per heavy atom. The van der Waals surface area contributed by atoms with Crippen LogP contribution in [-0.2, 0) is 4.79 Å². The fraction of sp³-hybridized carbons (Fsp3) is 0.875. The molecule has 1 saturated carbocycles. The molecule has 2 nitrogen and oxygen atoms in total. The Morgan fingerprint density at radius 3 is 2.36 bits per heavy atom. The molecule has 0 heterocycles. The molecule has 3 heteroatoms. The van der Waals surface area contributed by atoms with Crippen LogP contribution >= 0.6 is 0 Å². The van der Waals surface area contributed by atoms with Crippen LogP contribution in [0.5, 0.6) is 0 Å². The summed E-state index contributed by atoms with van der Waals surface area (Å²) in [6, 6.07) is 0. The molecule has 1 aliphatic rings. The molecular formula is C8H13FO2. The van der Waals surface area contributed by atoms with Crippen molar-refractivity contribution >= 4 is 5.97 Å². The van der Waals surface area contributed by atoms with Gasteiger partial charge in [0, 0.05) is 0 Å². The van der Waals surface area contributed by atoms with E-state index < -0.39 is 17.6 Å². The molecular weight excluding hydrogens is 147 g/mol. The van der Waals surface area contributed by atoms with Crippen LogP contribution in [0.1, 0.15) is 26.7 Å². The van der Waals surface area contributed by atoms with Gasteiger partial charge in [-0.25, -0.2) is 4.39 Å². The van der Waals surface area contributed by atoms with Crippen LogP contribution in [0.25, 0.3) is 0 Å². The average Bonchev–Trinajstić information content (AvgIpc) is 1.79. The van der Waals surface area contributed by atoms with Crippen LogP contribution in [0.15, 0.2) is 0 Å². The molecule has 1 fully saturated rings. The van der Waals surface area contributed by atoms with Crippen LogP contribution in [0.2, 0.25) is 0 Å². The lowest BCUT2D eigenvalue weighted by molar-refractivity contribution is -0.154. The number of carboxylic acid groups (broad SMARTS) is 1. The predicted molar refractivity (Wildman–Crippen MR) is 39.0 cm³/mol. The van der Waals surface area contributed by atoms with E-state index in [1.54, 1.807) is 13.8 Å². The zero-order valence-electron chi connectivity index (χ0n) is 6.80. The van der Waals surface area contributed by atoms with Gasteiger partial charge in [0.25, 0.3) is 0 Å². The summed E-state index contributed by atoms with van der Waals surface area (Å²) in [5, 5.41) is 8.48. The number of carbonyl (C=O) groups is 1. The van der Waals surface area contributed by atoms with Crippen LogP contribution in [-0.4, -0.2) is 16.7 Å². The van der Waals surface area contributed by atoms with Crippen molar-refractivity contribution in [1.29, 1.82) is 0 Å². The molecule has 0 spiro atoms. The highest BCUT2D eigenvalue weighted by Gasteiger charge is 2.50. The third kappa shape index (κ3) is 1.37. The quantitative estimate of drug-likeness (QED) is 0.669. The van der Waals surface area contributed by atoms with E-state index in [1.165, 1.54) is 0 Å². The molecule has 0 amide bonds. The molecule has 0 aromatic heterocycles. The highest BCUT2D eigenvalue weighted by molar-refractivity contribution is 5.71. The zero-order chi connectivity index (χ0) is 8.65. The van der Waals surface area contributed by atoms with Crippen LogP contribution in [0.3, 0.4) is 0 Å². The lowest BCUT2D eigenvalue weighted by Crippen LogP contribution is -2.47. The maximum absolute atomic E-state index is 13.4. The molecule has 0 radical (unpaired) electrons. The molecule has 0 aliphatic heterocycles. The number of aliphatic carboxylic acids is 1. The van der Waals surface area contributed by atoms with Gasteiger partial charge in [0.05, 0.1) is 5.92 Å². The predicted octanol–water partition coefficient (Wildman–Crippen LogP) is 1.85. The summed E-state index contributed by atoms with van der Waals surface area (Å²) in [5.41, 5.74) is -1.21. The van der Waals surface area contributed by atoms with E-state index in [9.17, 15) is 9.18 Å². The summed E-state index contributed by atoms with van der Waals surface area (Å²) in [7, 11) is 0. The smallest absolute Gasteiger partial charge is 0.306 e. The molecule has 64 valence electrons. The van der Waals surface area contributed by atoms with E-state index in [4.69, 9.17) is 5.11 Å². The molecule has 0 saturated heterocycles. The molecule has 0 atom stereocenters. The minimum atomic E-state index is -1.21. The molecule has 11 heavy (non-hydrogen) atoms. The van der Waals surface area contributed by atoms with Crippen molar-refractivity contribution in [3.05, 3.63) is 0 Å². The summed E-state index contributed by atoms with van der Waals surface area (Å²) in [4.78, 5) is 10.3. The minimum absolute atomic E-state index is 0.0573. The van der Waals surface area contributed by atoms with Gasteiger partial charge >= 0.3 is 5.97 Å². The van der Waals surface area contributed by atoms with Crippen molar-refractivity contribution in [2.45, 2.75) is 32.4 Å². The van der Waals surface area contributed by atoms with Crippen molar-refractivity contribution in [3.63, 3.8) is 0 Å². The van der Waals surface area contributed by atoms with E-state index >= 15 is 0 Å². The summed E-state index contributed by atoms with van der Waals surface area (Å²) >= 11 is 0. The van der Waals surface area contributed by atoms with Gasteiger partial charge in [0.15, 0.2) is 0 Å². The number of hydrogen-bond acceptors (Lipinski definition) is 1. The molecule has 1 rings (SSSR count). The van der Waals surface area contributed by atoms with E-state index in [0.29, 0.717) is 0 Å². The molecule has 1 aliphatic carbocycles. The van der Waals surface area contributed by atoms with Gasteiger partial charge in [0.2, 0.25) is 0 Å². The number of halogens is 1. The lowest BCUT2D eigenvalue weighted by Gasteiger charge is -2.42. The van der Waals surface area contributed by atoms with Gasteiger partial charge in [0.1, 0.15) is 5.67 Å². The highest BCUT2D eigenvalue weighted by atomic mass is 19.1. The standard InChI is InChI=1S/C8H13FO2/c1-5(2)8(9)3-6(4-8)7(10)11/h5-6H,3-4H2,1-2H3,(H,10,11). The Hall–Kier alpha value is -0.600. The fourth-order valence-corrected chi connectivity index (χ4v) is 1.41. The largest absolute Gasteiger partial charge is 0.481 e. The topological polar surface area (TPSA) is 37.3 Å². The van der Waals surface area contributed by atoms with Gasteiger partial charge in [-0.05, 0) is 18.8 Å². The van der Waals surface area contributed by atoms with E-state index in [0.717, 1.165) is 0 Å². The average molecular weight is 160 g/mol. The fourth-order valence-electron chi connectivity index (χ4n) is 1.41. The van der Waals surface area contributed by atoms with Gasteiger partial charge in [-0.2, -0.15) is 0 Å². The second-order valence-electron chi connectivity index (χ2n) is 3.63. The summed E-state index contributed by atoms with van der Waals surface area (Å²) in [6.07, 6.45) is 0.389. The first-order chi connectivity index (χ1) is 4.96. The molecule has 0 unspecified atom stereocenters. The Balaban J connectivity index is 2.44. The number of alkyl halides is 1. The Morgan fingerprint density at radius 2 is 2.09 bits per heavy atom. The number of carboxylic acids is 1. The van der Waals surface area contributed by atoms with E-state index in [-0.39, 0.29) is 18.8 Å². The third-order valence-corrected chi connectivity index (χ3v) is 2.56. The maximum Gasteiger partial charge on any atom is 0.306 e. The van der Waals surface area contributed by atoms with Gasteiger partial charge < -0.3 is 5.11 Å². The Kier molecular flexibility index (Phi) is 1.90. The number of rotatable bonds is 2. The van der Waals surface area contributed by atoms with Gasteiger partial charge in [-0.1, -0.05) is 13.8 Å². The maximum atomic E-state index is 13.4. The summed E-state index contributed by atoms with van der Waals surface area (Å²) < 4.78 is 13.4. The summed E-state index contributed by atoms with van der Waals surface area (Å²) in [6.45, 7) is 3.58. The van der Waals surface area contributed by atoms with Crippen LogP contribution < -0.4 is 0 Å². The zero-order valence-corrected chi connectivity index (χ0v) is 6.80. The highest BCUT2D eigenvalue weighted by Crippen LogP contribution is 2.46.